The number of aromatic nitrogens is 2. The summed E-state index contributed by atoms with van der Waals surface area (Å²) in [5.74, 6) is 0. The summed E-state index contributed by atoms with van der Waals surface area (Å²) in [6.07, 6.45) is 9.06. The van der Waals surface area contributed by atoms with Gasteiger partial charge in [-0.3, -0.25) is 9.97 Å². The van der Waals surface area contributed by atoms with Crippen LogP contribution in [0.15, 0.2) is 48.8 Å². The van der Waals surface area contributed by atoms with Crippen molar-refractivity contribution in [3.8, 4) is 0 Å². The molecule has 1 aliphatic rings. The third-order valence-electron chi connectivity index (χ3n) is 4.85. The Morgan fingerprint density at radius 2 is 1.20 bits per heavy atom. The van der Waals surface area contributed by atoms with E-state index in [1.165, 1.54) is 25.7 Å². The van der Waals surface area contributed by atoms with Crippen molar-refractivity contribution in [1.82, 2.24) is 20.6 Å². The predicted octanol–water partition coefficient (Wildman–Crippen LogP) is 3.52. The Kier molecular flexibility index (Phi) is 7.95. The molecule has 3 aromatic rings. The van der Waals surface area contributed by atoms with Crippen LogP contribution in [-0.4, -0.2) is 36.1 Å². The fourth-order valence-corrected chi connectivity index (χ4v) is 3.50. The molecular formula is C20H26N4Pt+2. The van der Waals surface area contributed by atoms with Crippen LogP contribution < -0.4 is 10.6 Å². The van der Waals surface area contributed by atoms with Crippen molar-refractivity contribution in [3.05, 3.63) is 48.8 Å². The van der Waals surface area contributed by atoms with Crippen LogP contribution in [0.1, 0.15) is 25.7 Å². The average Bonchev–Trinajstić information content (AvgIpc) is 2.68. The van der Waals surface area contributed by atoms with Gasteiger partial charge >= 0.3 is 21.1 Å². The first-order valence-electron chi connectivity index (χ1n) is 8.76. The Hall–Kier alpha value is -1.35. The molecule has 1 aromatic carbocycles. The molecule has 25 heavy (non-hydrogen) atoms. The molecule has 2 atom stereocenters. The van der Waals surface area contributed by atoms with E-state index in [1.807, 2.05) is 12.1 Å². The van der Waals surface area contributed by atoms with Gasteiger partial charge in [0.05, 0.1) is 11.0 Å². The summed E-state index contributed by atoms with van der Waals surface area (Å²) in [4.78, 5) is 8.69. The van der Waals surface area contributed by atoms with Gasteiger partial charge in [-0.15, -0.1) is 0 Å². The molecule has 134 valence electrons. The standard InChI is InChI=1S/C12H8N2.C8H18N2.Pt/c1-3-9-5-6-10-4-2-8-14-12(10)11(9)13-7-1;1-9-7-5-3-4-6-8(7)10-2;/h1-8H;7-10H,3-6H2,1-2H3;/q;;+2/t;7-,8-;/m.1./s1. The first kappa shape index (κ1) is 20.0. The maximum atomic E-state index is 4.35. The summed E-state index contributed by atoms with van der Waals surface area (Å²) in [6, 6.07) is 13.6. The second-order valence-electron chi connectivity index (χ2n) is 6.29. The Balaban J connectivity index is 0.000000184. The number of nitrogens with one attached hydrogen (secondary N) is 2. The van der Waals surface area contributed by atoms with Crippen LogP contribution in [0.4, 0.5) is 0 Å². The largest absolute Gasteiger partial charge is 2.00 e. The number of nitrogens with zero attached hydrogens (tertiary/aromatic N) is 2. The monoisotopic (exact) mass is 517 g/mol. The molecule has 2 aromatic heterocycles. The van der Waals surface area contributed by atoms with Crippen LogP contribution >= 0.6 is 0 Å². The van der Waals surface area contributed by atoms with Gasteiger partial charge in [0, 0.05) is 35.2 Å². The summed E-state index contributed by atoms with van der Waals surface area (Å²) in [7, 11) is 4.11. The van der Waals surface area contributed by atoms with E-state index in [2.05, 4.69) is 59.0 Å². The normalized spacial score (nSPS) is 19.8. The predicted molar refractivity (Wildman–Crippen MR) is 101 cm³/mol. The van der Waals surface area contributed by atoms with Crippen molar-refractivity contribution in [2.24, 2.45) is 0 Å². The Morgan fingerprint density at radius 1 is 0.760 bits per heavy atom. The molecule has 0 aliphatic heterocycles. The summed E-state index contributed by atoms with van der Waals surface area (Å²) in [5.41, 5.74) is 1.95. The van der Waals surface area contributed by atoms with Crippen LogP contribution in [0.2, 0.25) is 0 Å². The molecule has 0 bridgehead atoms. The molecule has 4 rings (SSSR count). The van der Waals surface area contributed by atoms with E-state index in [0.29, 0.717) is 12.1 Å². The average molecular weight is 518 g/mol. The number of hydrogen-bond donors (Lipinski definition) is 2. The van der Waals surface area contributed by atoms with Crippen molar-refractivity contribution in [2.75, 3.05) is 14.1 Å². The molecular weight excluding hydrogens is 491 g/mol. The van der Waals surface area contributed by atoms with Crippen molar-refractivity contribution in [3.63, 3.8) is 0 Å². The van der Waals surface area contributed by atoms with Gasteiger partial charge in [0.25, 0.3) is 0 Å². The summed E-state index contributed by atoms with van der Waals surface area (Å²) in [5, 5.41) is 8.96. The second-order valence-corrected chi connectivity index (χ2v) is 6.29. The fraction of sp³-hybridized carbons (Fsp3) is 0.400. The molecule has 0 saturated heterocycles. The van der Waals surface area contributed by atoms with E-state index in [0.717, 1.165) is 21.8 Å². The van der Waals surface area contributed by atoms with Crippen LogP contribution in [0.5, 0.6) is 0 Å². The second kappa shape index (κ2) is 9.96. The minimum Gasteiger partial charge on any atom is -0.315 e. The smallest absolute Gasteiger partial charge is 0.315 e. The van der Waals surface area contributed by atoms with Gasteiger partial charge < -0.3 is 10.6 Å². The van der Waals surface area contributed by atoms with E-state index < -0.39 is 0 Å². The maximum Gasteiger partial charge on any atom is 2.00 e. The molecule has 0 amide bonds. The fourth-order valence-electron chi connectivity index (χ4n) is 3.50. The first-order chi connectivity index (χ1) is 11.8. The minimum atomic E-state index is 0. The van der Waals surface area contributed by atoms with Crippen molar-refractivity contribution >= 4 is 21.8 Å². The number of rotatable bonds is 2. The summed E-state index contributed by atoms with van der Waals surface area (Å²) < 4.78 is 0. The van der Waals surface area contributed by atoms with Gasteiger partial charge in [0.2, 0.25) is 0 Å². The topological polar surface area (TPSA) is 49.8 Å². The molecule has 1 fully saturated rings. The van der Waals surface area contributed by atoms with E-state index in [-0.39, 0.29) is 21.1 Å². The van der Waals surface area contributed by atoms with Gasteiger partial charge in [0.1, 0.15) is 0 Å². The number of likely N-dealkylation sites (N-methyl/N-ethyl adjacent to an activating group) is 2. The minimum absolute atomic E-state index is 0. The molecule has 0 spiro atoms. The number of pyridine rings is 2. The maximum absolute atomic E-state index is 4.35. The SMILES string of the molecule is CN[C@@H]1CCCC[C@H]1NC.[Pt+2].c1cnc2c(c1)ccc1cccnc12. The zero-order valence-electron chi connectivity index (χ0n) is 14.8. The number of hydrogen-bond acceptors (Lipinski definition) is 4. The van der Waals surface area contributed by atoms with E-state index in [1.54, 1.807) is 12.4 Å². The van der Waals surface area contributed by atoms with Crippen molar-refractivity contribution in [2.45, 2.75) is 37.8 Å². The van der Waals surface area contributed by atoms with Crippen molar-refractivity contribution < 1.29 is 21.1 Å². The molecule has 4 nitrogen and oxygen atoms in total. The van der Waals surface area contributed by atoms with Crippen LogP contribution in [-0.2, 0) is 21.1 Å². The van der Waals surface area contributed by atoms with E-state index >= 15 is 0 Å². The van der Waals surface area contributed by atoms with Crippen LogP contribution in [0.3, 0.4) is 0 Å². The Morgan fingerprint density at radius 3 is 1.60 bits per heavy atom. The molecule has 1 aliphatic carbocycles. The summed E-state index contributed by atoms with van der Waals surface area (Å²) >= 11 is 0. The zero-order valence-corrected chi connectivity index (χ0v) is 17.1. The molecule has 2 N–H and O–H groups in total. The van der Waals surface area contributed by atoms with E-state index in [9.17, 15) is 0 Å². The molecule has 0 radical (unpaired) electrons. The molecule has 2 heterocycles. The van der Waals surface area contributed by atoms with E-state index in [4.69, 9.17) is 0 Å². The van der Waals surface area contributed by atoms with Gasteiger partial charge in [-0.25, -0.2) is 0 Å². The number of fused-ring (bicyclic) bond motifs is 3. The zero-order chi connectivity index (χ0) is 16.8. The molecule has 1 saturated carbocycles. The van der Waals surface area contributed by atoms with Gasteiger partial charge in [-0.05, 0) is 39.1 Å². The molecule has 0 unspecified atom stereocenters. The third kappa shape index (κ3) is 4.84. The first-order valence-corrected chi connectivity index (χ1v) is 8.76. The summed E-state index contributed by atoms with van der Waals surface area (Å²) in [6.45, 7) is 0. The molecule has 5 heteroatoms. The Bertz CT molecular complexity index is 726. The Labute approximate surface area is 164 Å². The quantitative estimate of drug-likeness (QED) is 0.511. The number of benzene rings is 1. The third-order valence-corrected chi connectivity index (χ3v) is 4.85. The van der Waals surface area contributed by atoms with Gasteiger partial charge in [-0.2, -0.15) is 0 Å². The van der Waals surface area contributed by atoms with Crippen LogP contribution in [0, 0.1) is 0 Å². The van der Waals surface area contributed by atoms with Crippen LogP contribution in [0.25, 0.3) is 21.8 Å². The van der Waals surface area contributed by atoms with Crippen molar-refractivity contribution in [1.29, 1.82) is 0 Å². The van der Waals surface area contributed by atoms with Gasteiger partial charge in [-0.1, -0.05) is 37.1 Å². The van der Waals surface area contributed by atoms with Gasteiger partial charge in [0.15, 0.2) is 0 Å².